The van der Waals surface area contributed by atoms with Crippen LogP contribution >= 0.6 is 0 Å². The maximum Gasteiger partial charge on any atom is 0.261 e. The molecule has 0 bridgehead atoms. The molecule has 0 spiro atoms. The third kappa shape index (κ3) is 4.50. The number of carbonyl (C=O) groups excluding carboxylic acids is 1. The first kappa shape index (κ1) is 19.4. The molecule has 0 atom stereocenters. The molecule has 2 aromatic carbocycles. The highest BCUT2D eigenvalue weighted by Gasteiger charge is 2.21. The molecule has 5 nitrogen and oxygen atoms in total. The Morgan fingerprint density at radius 1 is 1.00 bits per heavy atom. The minimum atomic E-state index is -3.66. The lowest BCUT2D eigenvalue weighted by Gasteiger charge is -2.30. The third-order valence-corrected chi connectivity index (χ3v) is 6.62. The van der Waals surface area contributed by atoms with Crippen LogP contribution in [0.2, 0.25) is 0 Å². The Kier molecular flexibility index (Phi) is 5.56. The average molecular weight is 387 g/mol. The van der Waals surface area contributed by atoms with Crippen LogP contribution in [0.5, 0.6) is 0 Å². The number of nitrogens with one attached hydrogen (secondary N) is 1. The number of aryl methyl sites for hydroxylation is 2. The Bertz CT molecular complexity index is 928. The first-order chi connectivity index (χ1) is 12.8. The molecule has 1 heterocycles. The van der Waals surface area contributed by atoms with Crippen LogP contribution in [-0.2, 0) is 10.0 Å². The number of nitrogens with zero attached hydrogens (tertiary/aromatic N) is 1. The SMILES string of the molecule is Cc1ccc(S(=O)(=O)Nc2ccc(C(=O)N3CCC(C)CC3)cc2)cc1C. The van der Waals surface area contributed by atoms with Crippen molar-refractivity contribution in [2.45, 2.75) is 38.5 Å². The van der Waals surface area contributed by atoms with Crippen LogP contribution in [0.3, 0.4) is 0 Å². The summed E-state index contributed by atoms with van der Waals surface area (Å²) in [5.41, 5.74) is 2.99. The maximum absolute atomic E-state index is 12.6. The summed E-state index contributed by atoms with van der Waals surface area (Å²) < 4.78 is 27.7. The monoisotopic (exact) mass is 386 g/mol. The van der Waals surface area contributed by atoms with Gasteiger partial charge in [0.2, 0.25) is 0 Å². The van der Waals surface area contributed by atoms with Gasteiger partial charge >= 0.3 is 0 Å². The molecular weight excluding hydrogens is 360 g/mol. The van der Waals surface area contributed by atoms with Crippen molar-refractivity contribution in [1.82, 2.24) is 4.90 Å². The van der Waals surface area contributed by atoms with Crippen LogP contribution in [0.1, 0.15) is 41.3 Å². The molecule has 1 aliphatic rings. The fourth-order valence-corrected chi connectivity index (χ4v) is 4.31. The zero-order valence-electron chi connectivity index (χ0n) is 16.0. The number of piperidine rings is 1. The van der Waals surface area contributed by atoms with Crippen LogP contribution in [0.25, 0.3) is 0 Å². The maximum atomic E-state index is 12.6. The van der Waals surface area contributed by atoms with Crippen LogP contribution in [-0.4, -0.2) is 32.3 Å². The molecule has 3 rings (SSSR count). The first-order valence-electron chi connectivity index (χ1n) is 9.26. The zero-order valence-corrected chi connectivity index (χ0v) is 16.8. The number of amides is 1. The highest BCUT2D eigenvalue weighted by Crippen LogP contribution is 2.21. The lowest BCUT2D eigenvalue weighted by molar-refractivity contribution is 0.0697. The minimum absolute atomic E-state index is 0.00506. The molecule has 0 aromatic heterocycles. The number of sulfonamides is 1. The van der Waals surface area contributed by atoms with Gasteiger partial charge < -0.3 is 4.90 Å². The Hall–Kier alpha value is -2.34. The number of hydrogen-bond donors (Lipinski definition) is 1. The molecule has 0 radical (unpaired) electrons. The largest absolute Gasteiger partial charge is 0.339 e. The summed E-state index contributed by atoms with van der Waals surface area (Å²) in [4.78, 5) is 14.7. The van der Waals surface area contributed by atoms with Gasteiger partial charge in [-0.1, -0.05) is 13.0 Å². The van der Waals surface area contributed by atoms with E-state index in [4.69, 9.17) is 0 Å². The summed E-state index contributed by atoms with van der Waals surface area (Å²) in [7, 11) is -3.66. The second-order valence-electron chi connectivity index (χ2n) is 7.40. The smallest absolute Gasteiger partial charge is 0.261 e. The molecule has 27 heavy (non-hydrogen) atoms. The van der Waals surface area contributed by atoms with Crippen molar-refractivity contribution in [3.05, 3.63) is 59.2 Å². The van der Waals surface area contributed by atoms with Crippen molar-refractivity contribution in [2.75, 3.05) is 17.8 Å². The van der Waals surface area contributed by atoms with E-state index in [0.29, 0.717) is 17.2 Å². The van der Waals surface area contributed by atoms with Crippen molar-refractivity contribution < 1.29 is 13.2 Å². The van der Waals surface area contributed by atoms with Crippen molar-refractivity contribution in [1.29, 1.82) is 0 Å². The summed E-state index contributed by atoms with van der Waals surface area (Å²) >= 11 is 0. The second-order valence-corrected chi connectivity index (χ2v) is 9.09. The van der Waals surface area contributed by atoms with Gasteiger partial charge in [-0.2, -0.15) is 0 Å². The Balaban J connectivity index is 1.71. The fraction of sp³-hybridized carbons (Fsp3) is 0.381. The molecule has 1 amide bonds. The van der Waals surface area contributed by atoms with Crippen LogP contribution < -0.4 is 4.72 Å². The molecule has 1 aliphatic heterocycles. The van der Waals surface area contributed by atoms with E-state index in [2.05, 4.69) is 11.6 Å². The van der Waals surface area contributed by atoms with E-state index in [1.54, 1.807) is 42.5 Å². The number of benzene rings is 2. The topological polar surface area (TPSA) is 66.5 Å². The Morgan fingerprint density at radius 3 is 2.22 bits per heavy atom. The van der Waals surface area contributed by atoms with E-state index in [1.807, 2.05) is 18.7 Å². The summed E-state index contributed by atoms with van der Waals surface area (Å²) in [5, 5.41) is 0. The number of rotatable bonds is 4. The van der Waals surface area contributed by atoms with Crippen molar-refractivity contribution in [2.24, 2.45) is 5.92 Å². The average Bonchev–Trinajstić information content (AvgIpc) is 2.64. The molecule has 1 N–H and O–H groups in total. The number of likely N-dealkylation sites (tertiary alicyclic amines) is 1. The van der Waals surface area contributed by atoms with Gasteiger partial charge in [-0.15, -0.1) is 0 Å². The number of anilines is 1. The predicted octanol–water partition coefficient (Wildman–Crippen LogP) is 3.98. The van der Waals surface area contributed by atoms with Gasteiger partial charge in [-0.3, -0.25) is 9.52 Å². The van der Waals surface area contributed by atoms with Crippen LogP contribution in [0.15, 0.2) is 47.4 Å². The quantitative estimate of drug-likeness (QED) is 0.864. The van der Waals surface area contributed by atoms with Gasteiger partial charge in [0, 0.05) is 24.3 Å². The van der Waals surface area contributed by atoms with Gasteiger partial charge in [0.25, 0.3) is 15.9 Å². The molecule has 1 fully saturated rings. The molecular formula is C21H26N2O3S. The molecule has 2 aromatic rings. The standard InChI is InChI=1S/C21H26N2O3S/c1-15-10-12-23(13-11-15)21(24)18-5-7-19(8-6-18)22-27(25,26)20-9-4-16(2)17(3)14-20/h4-9,14-15,22H,10-13H2,1-3H3. The Labute approximate surface area is 161 Å². The second kappa shape index (κ2) is 7.72. The van der Waals surface area contributed by atoms with Crippen LogP contribution in [0, 0.1) is 19.8 Å². The number of hydrogen-bond acceptors (Lipinski definition) is 3. The molecule has 0 saturated carbocycles. The molecule has 144 valence electrons. The third-order valence-electron chi connectivity index (χ3n) is 5.24. The molecule has 0 unspecified atom stereocenters. The van der Waals surface area contributed by atoms with E-state index < -0.39 is 10.0 Å². The highest BCUT2D eigenvalue weighted by atomic mass is 32.2. The van der Waals surface area contributed by atoms with E-state index in [1.165, 1.54) is 0 Å². The van der Waals surface area contributed by atoms with Crippen molar-refractivity contribution in [3.63, 3.8) is 0 Å². The number of carbonyl (C=O) groups is 1. The normalized spacial score (nSPS) is 15.6. The van der Waals surface area contributed by atoms with Gasteiger partial charge in [0.15, 0.2) is 0 Å². The zero-order chi connectivity index (χ0) is 19.6. The lowest BCUT2D eigenvalue weighted by atomic mass is 9.98. The van der Waals surface area contributed by atoms with Gasteiger partial charge in [0.1, 0.15) is 0 Å². The van der Waals surface area contributed by atoms with Crippen molar-refractivity contribution >= 4 is 21.6 Å². The lowest BCUT2D eigenvalue weighted by Crippen LogP contribution is -2.37. The summed E-state index contributed by atoms with van der Waals surface area (Å²) in [6, 6.07) is 11.7. The Morgan fingerprint density at radius 2 is 1.63 bits per heavy atom. The van der Waals surface area contributed by atoms with Gasteiger partial charge in [-0.05, 0) is 80.1 Å². The molecule has 0 aliphatic carbocycles. The van der Waals surface area contributed by atoms with E-state index in [-0.39, 0.29) is 10.8 Å². The van der Waals surface area contributed by atoms with E-state index in [9.17, 15) is 13.2 Å². The van der Waals surface area contributed by atoms with Gasteiger partial charge in [0.05, 0.1) is 4.90 Å². The van der Waals surface area contributed by atoms with Crippen molar-refractivity contribution in [3.8, 4) is 0 Å². The molecule has 1 saturated heterocycles. The summed E-state index contributed by atoms with van der Waals surface area (Å²) in [6.45, 7) is 7.59. The summed E-state index contributed by atoms with van der Waals surface area (Å²) in [5.74, 6) is 0.668. The van der Waals surface area contributed by atoms with E-state index in [0.717, 1.165) is 37.1 Å². The van der Waals surface area contributed by atoms with E-state index >= 15 is 0 Å². The fourth-order valence-electron chi connectivity index (χ4n) is 3.17. The first-order valence-corrected chi connectivity index (χ1v) is 10.7. The summed E-state index contributed by atoms with van der Waals surface area (Å²) in [6.07, 6.45) is 2.05. The highest BCUT2D eigenvalue weighted by molar-refractivity contribution is 7.92. The molecule has 6 heteroatoms. The predicted molar refractivity (Wildman–Crippen MR) is 107 cm³/mol. The van der Waals surface area contributed by atoms with Gasteiger partial charge in [-0.25, -0.2) is 8.42 Å². The minimum Gasteiger partial charge on any atom is -0.339 e. The van der Waals surface area contributed by atoms with Crippen LogP contribution in [0.4, 0.5) is 5.69 Å².